The molecule has 0 saturated carbocycles. The molecule has 5 nitrogen and oxygen atoms in total. The number of aromatic nitrogens is 3. The molecule has 1 N–H and O–H groups in total. The highest BCUT2D eigenvalue weighted by Gasteiger charge is 2.22. The highest BCUT2D eigenvalue weighted by molar-refractivity contribution is 5.55. The van der Waals surface area contributed by atoms with Crippen molar-refractivity contribution in [2.75, 3.05) is 16.8 Å². The quantitative estimate of drug-likeness (QED) is 0.932. The number of aryl methyl sites for hydroxylation is 1. The minimum Gasteiger partial charge on any atom is -0.352 e. The first kappa shape index (κ1) is 14.8. The molecule has 1 atom stereocenters. The van der Waals surface area contributed by atoms with Gasteiger partial charge in [-0.3, -0.25) is 0 Å². The van der Waals surface area contributed by atoms with E-state index >= 15 is 0 Å². The maximum absolute atomic E-state index is 4.66. The van der Waals surface area contributed by atoms with Crippen LogP contribution in [0.3, 0.4) is 0 Å². The Bertz CT molecular complexity index is 628. The highest BCUT2D eigenvalue weighted by atomic mass is 15.3. The van der Waals surface area contributed by atoms with Gasteiger partial charge in [-0.25, -0.2) is 0 Å². The van der Waals surface area contributed by atoms with Crippen LogP contribution in [0, 0.1) is 6.92 Å². The molecular formula is C17H23N5. The molecule has 0 radical (unpaired) electrons. The lowest BCUT2D eigenvalue weighted by Gasteiger charge is -2.35. The fourth-order valence-electron chi connectivity index (χ4n) is 3.06. The second kappa shape index (κ2) is 6.73. The molecule has 1 aliphatic rings. The van der Waals surface area contributed by atoms with Crippen molar-refractivity contribution >= 4 is 17.5 Å². The average molecular weight is 297 g/mol. The molecule has 1 unspecified atom stereocenters. The minimum atomic E-state index is 0.559. The zero-order chi connectivity index (χ0) is 15.4. The van der Waals surface area contributed by atoms with Crippen molar-refractivity contribution in [2.24, 2.45) is 0 Å². The molecule has 2 heterocycles. The molecular weight excluding hydrogens is 274 g/mol. The maximum atomic E-state index is 4.66. The van der Waals surface area contributed by atoms with Gasteiger partial charge in [-0.1, -0.05) is 19.1 Å². The number of hydrogen-bond donors (Lipinski definition) is 1. The van der Waals surface area contributed by atoms with E-state index in [0.29, 0.717) is 12.0 Å². The summed E-state index contributed by atoms with van der Waals surface area (Å²) in [5, 5.41) is 11.5. The third-order valence-corrected chi connectivity index (χ3v) is 4.21. The van der Waals surface area contributed by atoms with Gasteiger partial charge in [-0.15, -0.1) is 5.10 Å². The van der Waals surface area contributed by atoms with Crippen molar-refractivity contribution in [3.63, 3.8) is 0 Å². The summed E-state index contributed by atoms with van der Waals surface area (Å²) < 4.78 is 0. The fourth-order valence-corrected chi connectivity index (χ4v) is 3.06. The van der Waals surface area contributed by atoms with Crippen LogP contribution in [-0.4, -0.2) is 27.8 Å². The zero-order valence-electron chi connectivity index (χ0n) is 13.3. The molecule has 1 saturated heterocycles. The van der Waals surface area contributed by atoms with E-state index in [2.05, 4.69) is 51.4 Å². The van der Waals surface area contributed by atoms with E-state index in [9.17, 15) is 0 Å². The third kappa shape index (κ3) is 3.35. The molecule has 0 amide bonds. The Morgan fingerprint density at radius 2 is 2.23 bits per heavy atom. The minimum absolute atomic E-state index is 0.559. The first-order valence-corrected chi connectivity index (χ1v) is 8.06. The molecule has 0 bridgehead atoms. The van der Waals surface area contributed by atoms with Crippen LogP contribution >= 0.6 is 0 Å². The number of hydrogen-bond acceptors (Lipinski definition) is 5. The number of nitrogens with one attached hydrogen (secondary N) is 1. The van der Waals surface area contributed by atoms with Gasteiger partial charge in [-0.05, 0) is 50.3 Å². The van der Waals surface area contributed by atoms with Crippen LogP contribution in [0.2, 0.25) is 0 Å². The van der Waals surface area contributed by atoms with E-state index in [1.807, 2.05) is 12.1 Å². The van der Waals surface area contributed by atoms with Crippen molar-refractivity contribution < 1.29 is 0 Å². The third-order valence-electron chi connectivity index (χ3n) is 4.21. The summed E-state index contributed by atoms with van der Waals surface area (Å²) in [4.78, 5) is 7.04. The fraction of sp³-hybridized carbons (Fsp3) is 0.471. The van der Waals surface area contributed by atoms with Crippen molar-refractivity contribution in [1.29, 1.82) is 0 Å². The topological polar surface area (TPSA) is 53.9 Å². The molecule has 1 fully saturated rings. The van der Waals surface area contributed by atoms with Crippen LogP contribution < -0.4 is 10.2 Å². The number of rotatable bonds is 4. The van der Waals surface area contributed by atoms with Crippen LogP contribution in [-0.2, 0) is 0 Å². The van der Waals surface area contributed by atoms with E-state index in [0.717, 1.165) is 24.5 Å². The first-order valence-electron chi connectivity index (χ1n) is 8.06. The summed E-state index contributed by atoms with van der Waals surface area (Å²) in [5.41, 5.74) is 2.20. The number of piperidine rings is 1. The highest BCUT2D eigenvalue weighted by Crippen LogP contribution is 2.25. The SMILES string of the molecule is CCC1CCCCN1c1cnnc(Nc2cccc(C)c2)n1. The lowest BCUT2D eigenvalue weighted by atomic mass is 10.0. The molecule has 1 aliphatic heterocycles. The Kier molecular flexibility index (Phi) is 4.51. The molecule has 0 spiro atoms. The Hall–Kier alpha value is -2.17. The van der Waals surface area contributed by atoms with Crippen LogP contribution in [0.4, 0.5) is 17.5 Å². The number of benzene rings is 1. The van der Waals surface area contributed by atoms with E-state index in [-0.39, 0.29) is 0 Å². The van der Waals surface area contributed by atoms with Gasteiger partial charge >= 0.3 is 0 Å². The number of nitrogens with zero attached hydrogens (tertiary/aromatic N) is 4. The summed E-state index contributed by atoms with van der Waals surface area (Å²) in [6.45, 7) is 5.37. The second-order valence-electron chi connectivity index (χ2n) is 5.88. The molecule has 1 aromatic heterocycles. The predicted octanol–water partition coefficient (Wildman–Crippen LogP) is 3.69. The monoisotopic (exact) mass is 297 g/mol. The van der Waals surface area contributed by atoms with Crippen LogP contribution in [0.25, 0.3) is 0 Å². The average Bonchev–Trinajstić information content (AvgIpc) is 2.55. The molecule has 0 aliphatic carbocycles. The summed E-state index contributed by atoms with van der Waals surface area (Å²) in [6, 6.07) is 8.75. The van der Waals surface area contributed by atoms with Gasteiger partial charge in [-0.2, -0.15) is 10.1 Å². The van der Waals surface area contributed by atoms with E-state index < -0.39 is 0 Å². The van der Waals surface area contributed by atoms with Gasteiger partial charge in [0.05, 0.1) is 6.20 Å². The van der Waals surface area contributed by atoms with E-state index in [1.165, 1.54) is 24.8 Å². The van der Waals surface area contributed by atoms with Gasteiger partial charge in [0.25, 0.3) is 0 Å². The Labute approximate surface area is 131 Å². The van der Waals surface area contributed by atoms with Crippen molar-refractivity contribution in [3.05, 3.63) is 36.0 Å². The Morgan fingerprint density at radius 1 is 1.32 bits per heavy atom. The van der Waals surface area contributed by atoms with Gasteiger partial charge in [0.2, 0.25) is 5.95 Å². The van der Waals surface area contributed by atoms with Gasteiger partial charge in [0.15, 0.2) is 5.82 Å². The summed E-state index contributed by atoms with van der Waals surface area (Å²) in [6.07, 6.45) is 6.68. The Morgan fingerprint density at radius 3 is 3.05 bits per heavy atom. The number of anilines is 3. The Balaban J connectivity index is 1.80. The van der Waals surface area contributed by atoms with E-state index in [4.69, 9.17) is 0 Å². The van der Waals surface area contributed by atoms with Crippen molar-refractivity contribution in [1.82, 2.24) is 15.2 Å². The molecule has 5 heteroatoms. The van der Waals surface area contributed by atoms with Crippen LogP contribution in [0.1, 0.15) is 38.2 Å². The molecule has 2 aromatic rings. The molecule has 116 valence electrons. The summed E-state index contributed by atoms with van der Waals surface area (Å²) in [7, 11) is 0. The molecule has 3 rings (SSSR count). The van der Waals surface area contributed by atoms with E-state index in [1.54, 1.807) is 6.20 Å². The molecule has 22 heavy (non-hydrogen) atoms. The molecule has 1 aromatic carbocycles. The van der Waals surface area contributed by atoms with Crippen molar-refractivity contribution in [3.8, 4) is 0 Å². The maximum Gasteiger partial charge on any atom is 0.249 e. The summed E-state index contributed by atoms with van der Waals surface area (Å²) in [5.74, 6) is 1.49. The summed E-state index contributed by atoms with van der Waals surface area (Å²) >= 11 is 0. The second-order valence-corrected chi connectivity index (χ2v) is 5.88. The van der Waals surface area contributed by atoms with Gasteiger partial charge < -0.3 is 10.2 Å². The lowest BCUT2D eigenvalue weighted by molar-refractivity contribution is 0.446. The zero-order valence-corrected chi connectivity index (χ0v) is 13.3. The van der Waals surface area contributed by atoms with Crippen molar-refractivity contribution in [2.45, 2.75) is 45.6 Å². The lowest BCUT2D eigenvalue weighted by Crippen LogP contribution is -2.39. The predicted molar refractivity (Wildman–Crippen MR) is 89.6 cm³/mol. The van der Waals surface area contributed by atoms with Crippen LogP contribution in [0.5, 0.6) is 0 Å². The van der Waals surface area contributed by atoms with Crippen LogP contribution in [0.15, 0.2) is 30.5 Å². The van der Waals surface area contributed by atoms with Gasteiger partial charge in [0.1, 0.15) is 0 Å². The van der Waals surface area contributed by atoms with Gasteiger partial charge in [0, 0.05) is 18.3 Å². The first-order chi connectivity index (χ1) is 10.8. The largest absolute Gasteiger partial charge is 0.352 e. The standard InChI is InChI=1S/C17H23N5/c1-3-15-9-4-5-10-22(15)16-12-18-21-17(20-16)19-14-8-6-7-13(2)11-14/h6-8,11-12,15H,3-5,9-10H2,1-2H3,(H,19,20,21). The normalized spacial score (nSPS) is 18.3. The smallest absolute Gasteiger partial charge is 0.249 e.